The normalized spacial score (nSPS) is 21.1. The number of esters is 1. The molecule has 1 aromatic carbocycles. The van der Waals surface area contributed by atoms with Gasteiger partial charge in [0.25, 0.3) is 5.91 Å². The van der Waals surface area contributed by atoms with Gasteiger partial charge in [0.15, 0.2) is 23.9 Å². The Bertz CT molecular complexity index is 736. The molecule has 0 aliphatic carbocycles. The van der Waals surface area contributed by atoms with Crippen LogP contribution >= 0.6 is 0 Å². The summed E-state index contributed by atoms with van der Waals surface area (Å²) in [6, 6.07) is 4.98. The lowest BCUT2D eigenvalue weighted by molar-refractivity contribution is -0.153. The summed E-state index contributed by atoms with van der Waals surface area (Å²) in [5.41, 5.74) is 0.462. The number of likely N-dealkylation sites (tertiary alicyclic amines) is 1. The van der Waals surface area contributed by atoms with Crippen LogP contribution in [-0.4, -0.2) is 55.5 Å². The fraction of sp³-hybridized carbons (Fsp3) is 0.571. The summed E-state index contributed by atoms with van der Waals surface area (Å²) in [6.07, 6.45) is 1.06. The van der Waals surface area contributed by atoms with Gasteiger partial charge in [-0.25, -0.2) is 0 Å². The number of amides is 1. The highest BCUT2D eigenvalue weighted by Crippen LogP contribution is 2.31. The molecule has 1 saturated heterocycles. The first-order chi connectivity index (χ1) is 13.4. The Morgan fingerprint density at radius 1 is 1.04 bits per heavy atom. The first kappa shape index (κ1) is 20.2. The van der Waals surface area contributed by atoms with Gasteiger partial charge in [-0.1, -0.05) is 13.8 Å². The van der Waals surface area contributed by atoms with Crippen LogP contribution in [0.15, 0.2) is 18.2 Å². The van der Waals surface area contributed by atoms with Crippen molar-refractivity contribution in [3.8, 4) is 11.5 Å². The summed E-state index contributed by atoms with van der Waals surface area (Å²) in [7, 11) is 0. The average Bonchev–Trinajstić information content (AvgIpc) is 2.69. The molecule has 1 amide bonds. The summed E-state index contributed by atoms with van der Waals surface area (Å²) >= 11 is 0. The van der Waals surface area contributed by atoms with Crippen molar-refractivity contribution in [2.24, 2.45) is 11.8 Å². The van der Waals surface area contributed by atoms with Crippen molar-refractivity contribution >= 4 is 17.7 Å². The van der Waals surface area contributed by atoms with Gasteiger partial charge >= 0.3 is 5.97 Å². The van der Waals surface area contributed by atoms with Gasteiger partial charge in [0.2, 0.25) is 0 Å². The van der Waals surface area contributed by atoms with Crippen molar-refractivity contribution in [3.63, 3.8) is 0 Å². The standard InChI is InChI=1S/C21H27NO6/c1-14-9-15(2)12-22(11-14)20(24)13-28-21(25)6-4-17(23)16-3-5-18-19(10-16)27-8-7-26-18/h3,5,10,14-15H,4,6-9,11-13H2,1-2H3. The highest BCUT2D eigenvalue weighted by Gasteiger charge is 2.26. The molecule has 0 spiro atoms. The van der Waals surface area contributed by atoms with Gasteiger partial charge < -0.3 is 19.1 Å². The van der Waals surface area contributed by atoms with E-state index in [0.717, 1.165) is 6.42 Å². The lowest BCUT2D eigenvalue weighted by Crippen LogP contribution is -2.44. The van der Waals surface area contributed by atoms with Gasteiger partial charge in [-0.15, -0.1) is 0 Å². The molecule has 28 heavy (non-hydrogen) atoms. The van der Waals surface area contributed by atoms with Crippen LogP contribution in [0.3, 0.4) is 0 Å². The zero-order chi connectivity index (χ0) is 20.1. The maximum atomic E-state index is 12.3. The maximum Gasteiger partial charge on any atom is 0.306 e. The molecule has 0 N–H and O–H groups in total. The van der Waals surface area contributed by atoms with Gasteiger partial charge in [-0.3, -0.25) is 14.4 Å². The monoisotopic (exact) mass is 389 g/mol. The molecule has 1 aromatic rings. The predicted octanol–water partition coefficient (Wildman–Crippen LogP) is 2.47. The molecule has 2 unspecified atom stereocenters. The molecule has 0 aromatic heterocycles. The number of hydrogen-bond donors (Lipinski definition) is 0. The fourth-order valence-corrected chi connectivity index (χ4v) is 3.75. The summed E-state index contributed by atoms with van der Waals surface area (Å²) in [4.78, 5) is 38.3. The molecule has 2 aliphatic rings. The number of nitrogens with zero attached hydrogens (tertiary/aromatic N) is 1. The number of carbonyl (C=O) groups is 3. The van der Waals surface area contributed by atoms with E-state index in [2.05, 4.69) is 13.8 Å². The Hall–Kier alpha value is -2.57. The van der Waals surface area contributed by atoms with E-state index in [-0.39, 0.29) is 31.1 Å². The molecule has 2 atom stereocenters. The Labute approximate surface area is 164 Å². The lowest BCUT2D eigenvalue weighted by Gasteiger charge is -2.34. The predicted molar refractivity (Wildman–Crippen MR) is 101 cm³/mol. The van der Waals surface area contributed by atoms with Crippen molar-refractivity contribution in [1.82, 2.24) is 4.90 Å². The first-order valence-corrected chi connectivity index (χ1v) is 9.78. The van der Waals surface area contributed by atoms with Crippen molar-refractivity contribution in [1.29, 1.82) is 0 Å². The van der Waals surface area contributed by atoms with E-state index in [4.69, 9.17) is 14.2 Å². The highest BCUT2D eigenvalue weighted by atomic mass is 16.6. The molecule has 2 heterocycles. The first-order valence-electron chi connectivity index (χ1n) is 9.78. The van der Waals surface area contributed by atoms with Gasteiger partial charge in [0, 0.05) is 25.1 Å². The molecule has 0 radical (unpaired) electrons. The molecular weight excluding hydrogens is 362 g/mol. The fourth-order valence-electron chi connectivity index (χ4n) is 3.75. The van der Waals surface area contributed by atoms with Crippen LogP contribution in [0.4, 0.5) is 0 Å². The number of ketones is 1. The molecule has 7 nitrogen and oxygen atoms in total. The van der Waals surface area contributed by atoms with Gasteiger partial charge in [0.1, 0.15) is 13.2 Å². The second-order valence-electron chi connectivity index (χ2n) is 7.69. The van der Waals surface area contributed by atoms with E-state index < -0.39 is 5.97 Å². The van der Waals surface area contributed by atoms with E-state index in [1.54, 1.807) is 23.1 Å². The molecule has 3 rings (SSSR count). The number of piperidine rings is 1. The number of benzene rings is 1. The molecule has 0 bridgehead atoms. The third kappa shape index (κ3) is 5.24. The SMILES string of the molecule is CC1CC(C)CN(C(=O)COC(=O)CCC(=O)c2ccc3c(c2)OCCO3)C1. The average molecular weight is 389 g/mol. The minimum Gasteiger partial charge on any atom is -0.486 e. The topological polar surface area (TPSA) is 82.1 Å². The van der Waals surface area contributed by atoms with Crippen LogP contribution in [0.1, 0.15) is 43.5 Å². The Kier molecular flexibility index (Phi) is 6.54. The number of rotatable bonds is 6. The van der Waals surface area contributed by atoms with E-state index in [1.807, 2.05) is 0 Å². The zero-order valence-electron chi connectivity index (χ0n) is 16.4. The van der Waals surface area contributed by atoms with E-state index in [9.17, 15) is 14.4 Å². The highest BCUT2D eigenvalue weighted by molar-refractivity contribution is 5.98. The minimum absolute atomic E-state index is 0.0183. The third-order valence-corrected chi connectivity index (χ3v) is 5.00. The summed E-state index contributed by atoms with van der Waals surface area (Å²) in [5.74, 6) is 1.15. The maximum absolute atomic E-state index is 12.3. The van der Waals surface area contributed by atoms with E-state index in [1.165, 1.54) is 0 Å². The van der Waals surface area contributed by atoms with Gasteiger partial charge in [0.05, 0.1) is 6.42 Å². The van der Waals surface area contributed by atoms with Crippen molar-refractivity contribution in [2.75, 3.05) is 32.9 Å². The number of ether oxygens (including phenoxy) is 3. The van der Waals surface area contributed by atoms with Crippen molar-refractivity contribution in [3.05, 3.63) is 23.8 Å². The van der Waals surface area contributed by atoms with Crippen LogP contribution in [0.25, 0.3) is 0 Å². The van der Waals surface area contributed by atoms with Crippen molar-refractivity contribution < 1.29 is 28.6 Å². The van der Waals surface area contributed by atoms with Gasteiger partial charge in [-0.2, -0.15) is 0 Å². The second-order valence-corrected chi connectivity index (χ2v) is 7.69. The molecule has 2 aliphatic heterocycles. The van der Waals surface area contributed by atoms with Crippen LogP contribution in [0.5, 0.6) is 11.5 Å². The quantitative estimate of drug-likeness (QED) is 0.549. The van der Waals surface area contributed by atoms with E-state index in [0.29, 0.717) is 55.2 Å². The molecule has 0 saturated carbocycles. The van der Waals surface area contributed by atoms with Crippen LogP contribution in [0.2, 0.25) is 0 Å². The number of Topliss-reactive ketones (excluding diaryl/α,β-unsaturated/α-hetero) is 1. The molecule has 1 fully saturated rings. The Morgan fingerprint density at radius 3 is 2.43 bits per heavy atom. The minimum atomic E-state index is -0.544. The summed E-state index contributed by atoms with van der Waals surface area (Å²) in [5, 5.41) is 0. The molecular formula is C21H27NO6. The summed E-state index contributed by atoms with van der Waals surface area (Å²) in [6.45, 7) is 6.29. The van der Waals surface area contributed by atoms with Crippen molar-refractivity contribution in [2.45, 2.75) is 33.1 Å². The number of carbonyl (C=O) groups excluding carboxylic acids is 3. The second kappa shape index (κ2) is 9.08. The van der Waals surface area contributed by atoms with Gasteiger partial charge in [-0.05, 0) is 36.5 Å². The van der Waals surface area contributed by atoms with E-state index >= 15 is 0 Å². The van der Waals surface area contributed by atoms with Crippen LogP contribution in [-0.2, 0) is 14.3 Å². The molecule has 152 valence electrons. The zero-order valence-corrected chi connectivity index (χ0v) is 16.4. The largest absolute Gasteiger partial charge is 0.486 e. The summed E-state index contributed by atoms with van der Waals surface area (Å²) < 4.78 is 16.0. The van der Waals surface area contributed by atoms with Crippen LogP contribution < -0.4 is 9.47 Å². The lowest BCUT2D eigenvalue weighted by atomic mass is 9.92. The smallest absolute Gasteiger partial charge is 0.306 e. The number of fused-ring (bicyclic) bond motifs is 1. The Balaban J connectivity index is 1.42. The molecule has 7 heteroatoms. The van der Waals surface area contributed by atoms with Crippen LogP contribution in [0, 0.1) is 11.8 Å². The number of hydrogen-bond acceptors (Lipinski definition) is 6. The Morgan fingerprint density at radius 2 is 1.71 bits per heavy atom. The third-order valence-electron chi connectivity index (χ3n) is 5.00.